The number of benzene rings is 1. The van der Waals surface area contributed by atoms with Crippen LogP contribution in [-0.4, -0.2) is 41.0 Å². The highest BCUT2D eigenvalue weighted by Gasteiger charge is 2.37. The molecule has 2 heterocycles. The van der Waals surface area contributed by atoms with Gasteiger partial charge in [0.25, 0.3) is 5.91 Å². The van der Waals surface area contributed by atoms with Crippen molar-refractivity contribution in [2.75, 3.05) is 18.4 Å². The summed E-state index contributed by atoms with van der Waals surface area (Å²) in [6, 6.07) is 6.61. The van der Waals surface area contributed by atoms with Crippen LogP contribution in [0.5, 0.6) is 0 Å². The monoisotopic (exact) mass is 427 g/mol. The molecule has 3 rings (SSSR count). The number of amides is 1. The third-order valence-electron chi connectivity index (χ3n) is 4.59. The Morgan fingerprint density at radius 2 is 1.90 bits per heavy atom. The minimum Gasteiger partial charge on any atom is -0.369 e. The molecule has 0 saturated carbocycles. The molecular formula is C20H18F5N3O2. The van der Waals surface area contributed by atoms with E-state index in [2.05, 4.69) is 16.9 Å². The quantitative estimate of drug-likeness (QED) is 0.561. The number of halogens is 5. The molecule has 5 nitrogen and oxygen atoms in total. The van der Waals surface area contributed by atoms with E-state index in [4.69, 9.17) is 4.74 Å². The van der Waals surface area contributed by atoms with Crippen molar-refractivity contribution in [3.63, 3.8) is 0 Å². The first kappa shape index (κ1) is 21.7. The number of ether oxygens (including phenoxy) is 1. The van der Waals surface area contributed by atoms with Crippen LogP contribution in [-0.2, 0) is 22.3 Å². The van der Waals surface area contributed by atoms with Gasteiger partial charge in [-0.2, -0.15) is 13.2 Å². The fraction of sp³-hybridized carbons (Fsp3) is 0.300. The highest BCUT2D eigenvalue weighted by atomic mass is 19.4. The van der Waals surface area contributed by atoms with E-state index in [1.807, 2.05) is 0 Å². The fourth-order valence-corrected chi connectivity index (χ4v) is 3.06. The molecule has 160 valence electrons. The van der Waals surface area contributed by atoms with Crippen molar-refractivity contribution in [2.24, 2.45) is 0 Å². The zero-order valence-corrected chi connectivity index (χ0v) is 15.6. The number of rotatable bonds is 6. The Kier molecular flexibility index (Phi) is 6.35. The van der Waals surface area contributed by atoms with Crippen molar-refractivity contribution in [1.82, 2.24) is 9.88 Å². The van der Waals surface area contributed by atoms with Gasteiger partial charge in [-0.3, -0.25) is 4.79 Å². The van der Waals surface area contributed by atoms with E-state index in [9.17, 15) is 26.7 Å². The molecule has 0 aliphatic carbocycles. The predicted octanol–water partition coefficient (Wildman–Crippen LogP) is 3.93. The second kappa shape index (κ2) is 8.78. The lowest BCUT2D eigenvalue weighted by Crippen LogP contribution is -2.34. The molecule has 1 amide bonds. The molecule has 1 aromatic carbocycles. The zero-order valence-electron chi connectivity index (χ0n) is 15.6. The van der Waals surface area contributed by atoms with Gasteiger partial charge in [-0.15, -0.1) is 0 Å². The third-order valence-corrected chi connectivity index (χ3v) is 4.59. The van der Waals surface area contributed by atoms with Gasteiger partial charge in [-0.25, -0.2) is 13.8 Å². The number of carbonyl (C=O) groups excluding carboxylic acids is 1. The van der Waals surface area contributed by atoms with Crippen LogP contribution in [0.2, 0.25) is 0 Å². The topological polar surface area (TPSA) is 54.5 Å². The average Bonchev–Trinajstić information content (AvgIpc) is 3.09. The normalized spacial score (nSPS) is 19.0. The van der Waals surface area contributed by atoms with E-state index < -0.39 is 41.4 Å². The summed E-state index contributed by atoms with van der Waals surface area (Å²) in [5.41, 5.74) is -0.270. The van der Waals surface area contributed by atoms with Gasteiger partial charge in [-0.1, -0.05) is 18.7 Å². The maximum Gasteiger partial charge on any atom is 0.416 e. The first-order valence-corrected chi connectivity index (χ1v) is 8.93. The number of hydrogen-bond donors (Lipinski definition) is 1. The van der Waals surface area contributed by atoms with Gasteiger partial charge in [0.15, 0.2) is 5.83 Å². The number of anilines is 1. The molecule has 1 fully saturated rings. The number of likely N-dealkylation sites (tertiary alicyclic amines) is 1. The second-order valence-corrected chi connectivity index (χ2v) is 6.77. The molecule has 0 bridgehead atoms. The first-order valence-electron chi connectivity index (χ1n) is 8.93. The van der Waals surface area contributed by atoms with Crippen molar-refractivity contribution < 1.29 is 31.5 Å². The van der Waals surface area contributed by atoms with Crippen molar-refractivity contribution in [1.29, 1.82) is 0 Å². The molecule has 1 saturated heterocycles. The van der Waals surface area contributed by atoms with Gasteiger partial charge >= 0.3 is 6.18 Å². The Morgan fingerprint density at radius 3 is 2.47 bits per heavy atom. The van der Waals surface area contributed by atoms with Crippen molar-refractivity contribution in [3.8, 4) is 0 Å². The number of hydrogen-bond acceptors (Lipinski definition) is 4. The highest BCUT2D eigenvalue weighted by Crippen LogP contribution is 2.29. The number of aromatic nitrogens is 1. The molecule has 2 atom stereocenters. The molecule has 2 unspecified atom stereocenters. The Morgan fingerprint density at radius 1 is 1.20 bits per heavy atom. The number of pyridine rings is 1. The van der Waals surface area contributed by atoms with Crippen LogP contribution >= 0.6 is 0 Å². The molecule has 1 aliphatic heterocycles. The van der Waals surface area contributed by atoms with Crippen LogP contribution in [0.1, 0.15) is 11.1 Å². The number of alkyl halides is 3. The molecule has 1 N–H and O–H groups in total. The smallest absolute Gasteiger partial charge is 0.369 e. The molecule has 0 radical (unpaired) electrons. The lowest BCUT2D eigenvalue weighted by atomic mass is 10.1. The van der Waals surface area contributed by atoms with E-state index >= 15 is 0 Å². The molecule has 30 heavy (non-hydrogen) atoms. The molecule has 1 aliphatic rings. The Bertz CT molecular complexity index is 900. The third kappa shape index (κ3) is 5.32. The molecule has 10 heteroatoms. The summed E-state index contributed by atoms with van der Waals surface area (Å²) in [7, 11) is 0. The van der Waals surface area contributed by atoms with Gasteiger partial charge in [-0.05, 0) is 29.8 Å². The van der Waals surface area contributed by atoms with E-state index in [1.54, 1.807) is 0 Å². The van der Waals surface area contributed by atoms with Crippen molar-refractivity contribution in [3.05, 3.63) is 71.9 Å². The van der Waals surface area contributed by atoms with Gasteiger partial charge in [0.1, 0.15) is 11.6 Å². The lowest BCUT2D eigenvalue weighted by Gasteiger charge is -2.20. The maximum atomic E-state index is 13.3. The van der Waals surface area contributed by atoms with Gasteiger partial charge in [0.05, 0.1) is 30.5 Å². The second-order valence-electron chi connectivity index (χ2n) is 6.77. The Hall–Kier alpha value is -3.01. The highest BCUT2D eigenvalue weighted by molar-refractivity contribution is 5.90. The summed E-state index contributed by atoms with van der Waals surface area (Å²) < 4.78 is 70.1. The molecule has 1 aromatic heterocycles. The van der Waals surface area contributed by atoms with Crippen LogP contribution in [0.4, 0.5) is 27.8 Å². The minimum absolute atomic E-state index is 0.0174. The van der Waals surface area contributed by atoms with E-state index in [1.165, 1.54) is 29.2 Å². The van der Waals surface area contributed by atoms with E-state index in [0.717, 1.165) is 18.3 Å². The number of nitrogens with zero attached hydrogens (tertiary/aromatic N) is 2. The van der Waals surface area contributed by atoms with Gasteiger partial charge < -0.3 is 15.0 Å². The SMILES string of the molecule is C=C(F)C(=O)N1CC(Nc2ccc(F)cn2)C(OCc2ccc(C(F)(F)F)cc2)C1. The molecule has 2 aromatic rings. The minimum atomic E-state index is -4.43. The van der Waals surface area contributed by atoms with E-state index in [0.29, 0.717) is 11.4 Å². The Balaban J connectivity index is 1.69. The average molecular weight is 427 g/mol. The van der Waals surface area contributed by atoms with Gasteiger partial charge in [0, 0.05) is 13.1 Å². The number of carbonyl (C=O) groups is 1. The van der Waals surface area contributed by atoms with Crippen LogP contribution < -0.4 is 5.32 Å². The Labute approximate surface area is 169 Å². The zero-order chi connectivity index (χ0) is 21.9. The lowest BCUT2D eigenvalue weighted by molar-refractivity contribution is -0.137. The summed E-state index contributed by atoms with van der Waals surface area (Å²) in [6.07, 6.45) is -4.03. The van der Waals surface area contributed by atoms with Crippen molar-refractivity contribution >= 4 is 11.7 Å². The van der Waals surface area contributed by atoms with Crippen LogP contribution in [0.15, 0.2) is 55.0 Å². The molecular weight excluding hydrogens is 409 g/mol. The van der Waals surface area contributed by atoms with Crippen LogP contribution in [0.3, 0.4) is 0 Å². The first-order chi connectivity index (χ1) is 14.1. The summed E-state index contributed by atoms with van der Waals surface area (Å²) >= 11 is 0. The molecule has 0 spiro atoms. The van der Waals surface area contributed by atoms with Crippen LogP contribution in [0, 0.1) is 5.82 Å². The summed E-state index contributed by atoms with van der Waals surface area (Å²) in [5, 5.41) is 3.01. The summed E-state index contributed by atoms with van der Waals surface area (Å²) in [4.78, 5) is 17.0. The van der Waals surface area contributed by atoms with Gasteiger partial charge in [0.2, 0.25) is 0 Å². The summed E-state index contributed by atoms with van der Waals surface area (Å²) in [5.74, 6) is -2.18. The van der Waals surface area contributed by atoms with Crippen molar-refractivity contribution in [2.45, 2.75) is 24.9 Å². The maximum absolute atomic E-state index is 13.3. The van der Waals surface area contributed by atoms with Crippen LogP contribution in [0.25, 0.3) is 0 Å². The number of nitrogens with one attached hydrogen (secondary N) is 1. The largest absolute Gasteiger partial charge is 0.416 e. The summed E-state index contributed by atoms with van der Waals surface area (Å²) in [6.45, 7) is 3.11. The standard InChI is InChI=1S/C20H18F5N3O2/c1-12(21)19(29)28-9-16(27-18-7-6-15(22)8-26-18)17(10-28)30-11-13-2-4-14(5-3-13)20(23,24)25/h2-8,16-17H,1,9-11H2,(H,26,27). The predicted molar refractivity (Wildman–Crippen MR) is 98.5 cm³/mol. The fourth-order valence-electron chi connectivity index (χ4n) is 3.06. The van der Waals surface area contributed by atoms with E-state index in [-0.39, 0.29) is 19.7 Å².